The third kappa shape index (κ3) is 3.69. The lowest BCUT2D eigenvalue weighted by atomic mass is 9.74. The van der Waals surface area contributed by atoms with Gasteiger partial charge in [-0.1, -0.05) is 19.9 Å². The van der Waals surface area contributed by atoms with Gasteiger partial charge in [-0.3, -0.25) is 9.48 Å². The second-order valence-electron chi connectivity index (χ2n) is 8.50. The highest BCUT2D eigenvalue weighted by molar-refractivity contribution is 5.93. The van der Waals surface area contributed by atoms with Crippen LogP contribution in [-0.4, -0.2) is 25.5 Å². The van der Waals surface area contributed by atoms with Gasteiger partial charge in [0, 0.05) is 12.1 Å². The molecule has 152 valence electrons. The smallest absolute Gasteiger partial charge is 0.270 e. The maximum Gasteiger partial charge on any atom is 0.270 e. The third-order valence-corrected chi connectivity index (χ3v) is 5.47. The summed E-state index contributed by atoms with van der Waals surface area (Å²) in [5.41, 5.74) is 4.04. The number of carbonyl (C=O) groups excluding carboxylic acids is 1. The first kappa shape index (κ1) is 19.4. The number of fused-ring (bicyclic) bond motifs is 1. The molecule has 0 unspecified atom stereocenters. The van der Waals surface area contributed by atoms with Gasteiger partial charge in [-0.25, -0.2) is 9.07 Å². The molecule has 2 heterocycles. The summed E-state index contributed by atoms with van der Waals surface area (Å²) >= 11 is 0. The van der Waals surface area contributed by atoms with Gasteiger partial charge in [0.1, 0.15) is 11.5 Å². The van der Waals surface area contributed by atoms with Crippen molar-refractivity contribution in [3.8, 4) is 5.69 Å². The summed E-state index contributed by atoms with van der Waals surface area (Å²) in [6.07, 6.45) is 3.40. The molecule has 0 radical (unpaired) electrons. The Labute approximate surface area is 169 Å². The number of aromatic nitrogens is 4. The van der Waals surface area contributed by atoms with Crippen LogP contribution in [0.1, 0.15) is 60.7 Å². The Morgan fingerprint density at radius 2 is 2.14 bits per heavy atom. The Kier molecular flexibility index (Phi) is 4.76. The molecule has 0 saturated carbocycles. The van der Waals surface area contributed by atoms with Crippen LogP contribution in [0.15, 0.2) is 36.5 Å². The minimum absolute atomic E-state index is 0.0308. The van der Waals surface area contributed by atoms with Crippen molar-refractivity contribution in [2.75, 3.05) is 0 Å². The summed E-state index contributed by atoms with van der Waals surface area (Å²) in [5.74, 6) is -0.436. The maximum atomic E-state index is 13.7. The van der Waals surface area contributed by atoms with Gasteiger partial charge in [-0.2, -0.15) is 10.2 Å². The Morgan fingerprint density at radius 1 is 1.34 bits per heavy atom. The lowest BCUT2D eigenvalue weighted by Gasteiger charge is -2.36. The fourth-order valence-corrected chi connectivity index (χ4v) is 4.20. The highest BCUT2D eigenvalue weighted by Crippen LogP contribution is 2.41. The van der Waals surface area contributed by atoms with E-state index in [1.807, 2.05) is 26.0 Å². The molecule has 4 rings (SSSR count). The molecule has 2 aromatic heterocycles. The molecule has 3 aromatic rings. The largest absolute Gasteiger partial charge is 0.344 e. The van der Waals surface area contributed by atoms with E-state index >= 15 is 0 Å². The first-order valence-corrected chi connectivity index (χ1v) is 9.95. The summed E-state index contributed by atoms with van der Waals surface area (Å²) < 4.78 is 17.3. The number of rotatable bonds is 4. The average molecular weight is 395 g/mol. The van der Waals surface area contributed by atoms with Crippen LogP contribution in [-0.2, 0) is 13.0 Å². The monoisotopic (exact) mass is 395 g/mol. The van der Waals surface area contributed by atoms with Crippen molar-refractivity contribution >= 4 is 5.91 Å². The Bertz CT molecular complexity index is 1070. The van der Waals surface area contributed by atoms with Gasteiger partial charge in [0.2, 0.25) is 0 Å². The number of hydrogen-bond acceptors (Lipinski definition) is 3. The van der Waals surface area contributed by atoms with E-state index < -0.39 is 0 Å². The third-order valence-electron chi connectivity index (χ3n) is 5.47. The summed E-state index contributed by atoms with van der Waals surface area (Å²) in [5, 5.41) is 12.1. The van der Waals surface area contributed by atoms with E-state index in [1.165, 1.54) is 12.1 Å². The van der Waals surface area contributed by atoms with E-state index in [-0.39, 0.29) is 23.2 Å². The van der Waals surface area contributed by atoms with Crippen LogP contribution in [0.2, 0.25) is 0 Å². The maximum absolute atomic E-state index is 13.7. The van der Waals surface area contributed by atoms with Crippen molar-refractivity contribution in [1.29, 1.82) is 0 Å². The number of benzene rings is 1. The van der Waals surface area contributed by atoms with Gasteiger partial charge in [-0.15, -0.1) is 0 Å². The minimum Gasteiger partial charge on any atom is -0.344 e. The molecule has 1 N–H and O–H groups in total. The number of nitrogens with zero attached hydrogens (tertiary/aromatic N) is 4. The van der Waals surface area contributed by atoms with Crippen LogP contribution in [0.3, 0.4) is 0 Å². The molecule has 0 fully saturated rings. The molecule has 0 aliphatic heterocycles. The van der Waals surface area contributed by atoms with Crippen molar-refractivity contribution < 1.29 is 9.18 Å². The standard InChI is InChI=1S/C22H26FN5O/c1-5-27-19(9-14(2)26-27)21(29)25-18-11-22(3,4)12-20-17(18)13-24-28(20)16-8-6-7-15(23)10-16/h6-10,13,18H,5,11-12H2,1-4H3,(H,25,29)/t18-/m0/s1. The molecule has 29 heavy (non-hydrogen) atoms. The zero-order chi connectivity index (χ0) is 20.8. The molecule has 1 amide bonds. The molecule has 1 aliphatic rings. The molecule has 7 heteroatoms. The predicted molar refractivity (Wildman–Crippen MR) is 108 cm³/mol. The average Bonchev–Trinajstić information content (AvgIpc) is 3.24. The molecule has 0 bridgehead atoms. The highest BCUT2D eigenvalue weighted by Gasteiger charge is 2.36. The van der Waals surface area contributed by atoms with Crippen LogP contribution in [0, 0.1) is 18.2 Å². The van der Waals surface area contributed by atoms with E-state index in [4.69, 9.17) is 0 Å². The molecule has 1 aromatic carbocycles. The van der Waals surface area contributed by atoms with Gasteiger partial charge in [-0.05, 0) is 56.4 Å². The van der Waals surface area contributed by atoms with Crippen molar-refractivity contribution in [3.63, 3.8) is 0 Å². The molecule has 6 nitrogen and oxygen atoms in total. The zero-order valence-electron chi connectivity index (χ0n) is 17.2. The van der Waals surface area contributed by atoms with Crippen LogP contribution in [0.5, 0.6) is 0 Å². The number of hydrogen-bond donors (Lipinski definition) is 1. The summed E-state index contributed by atoms with van der Waals surface area (Å²) in [6, 6.07) is 8.07. The molecular formula is C22H26FN5O. The second-order valence-corrected chi connectivity index (χ2v) is 8.50. The summed E-state index contributed by atoms with van der Waals surface area (Å²) in [7, 11) is 0. The van der Waals surface area contributed by atoms with Crippen molar-refractivity contribution in [3.05, 3.63) is 65.0 Å². The molecular weight excluding hydrogens is 369 g/mol. The minimum atomic E-state index is -0.296. The summed E-state index contributed by atoms with van der Waals surface area (Å²) in [4.78, 5) is 13.0. The molecule has 1 aliphatic carbocycles. The molecule has 0 spiro atoms. The van der Waals surface area contributed by atoms with Crippen molar-refractivity contribution in [1.82, 2.24) is 24.9 Å². The topological polar surface area (TPSA) is 64.7 Å². The zero-order valence-corrected chi connectivity index (χ0v) is 17.2. The second kappa shape index (κ2) is 7.13. The number of aryl methyl sites for hydroxylation is 2. The quantitative estimate of drug-likeness (QED) is 0.727. The van der Waals surface area contributed by atoms with Crippen molar-refractivity contribution in [2.24, 2.45) is 5.41 Å². The highest BCUT2D eigenvalue weighted by atomic mass is 19.1. The fourth-order valence-electron chi connectivity index (χ4n) is 4.20. The normalized spacial score (nSPS) is 17.8. The Morgan fingerprint density at radius 3 is 2.86 bits per heavy atom. The lowest BCUT2D eigenvalue weighted by Crippen LogP contribution is -2.37. The van der Waals surface area contributed by atoms with Gasteiger partial charge in [0.25, 0.3) is 5.91 Å². The van der Waals surface area contributed by atoms with Gasteiger partial charge in [0.15, 0.2) is 0 Å². The number of carbonyl (C=O) groups is 1. The SMILES string of the molecule is CCn1nc(C)cc1C(=O)N[C@H]1CC(C)(C)Cc2c1cnn2-c1cccc(F)c1. The van der Waals surface area contributed by atoms with Crippen molar-refractivity contribution in [2.45, 2.75) is 53.1 Å². The lowest BCUT2D eigenvalue weighted by molar-refractivity contribution is 0.0908. The van der Waals surface area contributed by atoms with E-state index in [0.717, 1.165) is 29.8 Å². The first-order valence-electron chi connectivity index (χ1n) is 9.95. The van der Waals surface area contributed by atoms with Crippen LogP contribution in [0.4, 0.5) is 4.39 Å². The fraction of sp³-hybridized carbons (Fsp3) is 0.409. The number of halogens is 1. The number of nitrogens with one attached hydrogen (secondary N) is 1. The van der Waals surface area contributed by atoms with Crippen LogP contribution < -0.4 is 5.32 Å². The van der Waals surface area contributed by atoms with E-state index in [9.17, 15) is 9.18 Å². The van der Waals surface area contributed by atoms with E-state index in [1.54, 1.807) is 21.6 Å². The predicted octanol–water partition coefficient (Wildman–Crippen LogP) is 3.98. The van der Waals surface area contributed by atoms with E-state index in [2.05, 4.69) is 29.4 Å². The van der Waals surface area contributed by atoms with E-state index in [0.29, 0.717) is 17.9 Å². The molecule has 0 saturated heterocycles. The van der Waals surface area contributed by atoms with Gasteiger partial charge in [0.05, 0.1) is 29.3 Å². The number of amides is 1. The first-order chi connectivity index (χ1) is 13.8. The van der Waals surface area contributed by atoms with Gasteiger partial charge >= 0.3 is 0 Å². The van der Waals surface area contributed by atoms with Crippen LogP contribution in [0.25, 0.3) is 5.69 Å². The van der Waals surface area contributed by atoms with Gasteiger partial charge < -0.3 is 5.32 Å². The Balaban J connectivity index is 1.69. The molecule has 1 atom stereocenters. The summed E-state index contributed by atoms with van der Waals surface area (Å²) in [6.45, 7) is 8.84. The van der Waals surface area contributed by atoms with Crippen LogP contribution >= 0.6 is 0 Å². The Hall–Kier alpha value is -2.96.